The van der Waals surface area contributed by atoms with Gasteiger partial charge in [0.25, 0.3) is 0 Å². The van der Waals surface area contributed by atoms with E-state index in [1.807, 2.05) is 0 Å². The van der Waals surface area contributed by atoms with Gasteiger partial charge in [0, 0.05) is 0 Å². The largest absolute Gasteiger partial charge is 0.573 e. The number of aliphatic hydroxyl groups is 2. The van der Waals surface area contributed by atoms with Crippen molar-refractivity contribution in [3.05, 3.63) is 23.8 Å². The highest BCUT2D eigenvalue weighted by atomic mass is 19.4. The number of carbonyl (C=O) groups excluding carboxylic acids is 1. The molecule has 0 saturated heterocycles. The fourth-order valence-corrected chi connectivity index (χ4v) is 1.51. The zero-order valence-electron chi connectivity index (χ0n) is 10.1. The normalized spacial score (nSPS) is 14.7. The van der Waals surface area contributed by atoms with Gasteiger partial charge in [0.2, 0.25) is 5.91 Å². The third kappa shape index (κ3) is 4.59. The molecular weight excluding hydrogens is 281 g/mol. The topological polar surface area (TPSA) is 119 Å². The number of amides is 1. The summed E-state index contributed by atoms with van der Waals surface area (Å²) in [6.07, 6.45) is -8.38. The van der Waals surface area contributed by atoms with E-state index in [2.05, 4.69) is 4.74 Å². The molecule has 6 nitrogen and oxygen atoms in total. The number of primary amides is 1. The van der Waals surface area contributed by atoms with Gasteiger partial charge in [0.05, 0.1) is 18.2 Å². The molecule has 9 heteroatoms. The monoisotopic (exact) mass is 294 g/mol. The van der Waals surface area contributed by atoms with Crippen LogP contribution < -0.4 is 16.2 Å². The average molecular weight is 294 g/mol. The standard InChI is InChI=1S/C11H13F3N2O4/c12-11(13,14)20-8-2-1-5(3-6(8)15)10(19)7(17)4-9(16)18/h1-3,7,10,17,19H,4,15H2,(H2,16,18). The van der Waals surface area contributed by atoms with Crippen LogP contribution in [0.25, 0.3) is 0 Å². The molecule has 0 spiro atoms. The van der Waals surface area contributed by atoms with E-state index in [1.54, 1.807) is 0 Å². The third-order valence-corrected chi connectivity index (χ3v) is 2.38. The lowest BCUT2D eigenvalue weighted by molar-refractivity contribution is -0.274. The minimum Gasteiger partial charge on any atom is -0.404 e. The highest BCUT2D eigenvalue weighted by molar-refractivity contribution is 5.74. The molecule has 1 amide bonds. The Morgan fingerprint density at radius 3 is 2.40 bits per heavy atom. The molecule has 0 bridgehead atoms. The van der Waals surface area contributed by atoms with Gasteiger partial charge in [-0.1, -0.05) is 6.07 Å². The molecule has 1 aromatic carbocycles. The van der Waals surface area contributed by atoms with Crippen LogP contribution in [0, 0.1) is 0 Å². The van der Waals surface area contributed by atoms with Crippen LogP contribution in [0.4, 0.5) is 18.9 Å². The summed E-state index contributed by atoms with van der Waals surface area (Å²) in [4.78, 5) is 10.6. The van der Waals surface area contributed by atoms with E-state index in [0.717, 1.165) is 18.2 Å². The van der Waals surface area contributed by atoms with Crippen LogP contribution in [0.15, 0.2) is 18.2 Å². The van der Waals surface area contributed by atoms with E-state index in [1.165, 1.54) is 0 Å². The van der Waals surface area contributed by atoms with Gasteiger partial charge in [0.1, 0.15) is 6.10 Å². The predicted molar refractivity (Wildman–Crippen MR) is 62.3 cm³/mol. The second-order valence-corrected chi connectivity index (χ2v) is 4.03. The maximum Gasteiger partial charge on any atom is 0.573 e. The SMILES string of the molecule is NC(=O)CC(O)C(O)c1ccc(OC(F)(F)F)c(N)c1. The molecule has 20 heavy (non-hydrogen) atoms. The zero-order chi connectivity index (χ0) is 15.5. The maximum absolute atomic E-state index is 12.0. The van der Waals surface area contributed by atoms with Gasteiger partial charge in [-0.25, -0.2) is 0 Å². The predicted octanol–water partition coefficient (Wildman–Crippen LogP) is 0.437. The number of benzene rings is 1. The molecule has 0 aliphatic rings. The lowest BCUT2D eigenvalue weighted by atomic mass is 10.0. The minimum atomic E-state index is -4.89. The molecule has 2 atom stereocenters. The summed E-state index contributed by atoms with van der Waals surface area (Å²) in [6.45, 7) is 0. The van der Waals surface area contributed by atoms with Crippen molar-refractivity contribution in [2.45, 2.75) is 25.0 Å². The molecule has 112 valence electrons. The van der Waals surface area contributed by atoms with Crippen LogP contribution in [0.5, 0.6) is 5.75 Å². The Kier molecular flexibility index (Phi) is 4.79. The molecule has 6 N–H and O–H groups in total. The number of carbonyl (C=O) groups is 1. The first-order valence-electron chi connectivity index (χ1n) is 5.39. The average Bonchev–Trinajstić information content (AvgIpc) is 2.28. The van der Waals surface area contributed by atoms with Crippen LogP contribution in [0.2, 0.25) is 0 Å². The quantitative estimate of drug-likeness (QED) is 0.587. The summed E-state index contributed by atoms with van der Waals surface area (Å²) in [5.41, 5.74) is 9.87. The van der Waals surface area contributed by atoms with Crippen molar-refractivity contribution < 1.29 is 32.9 Å². The first-order chi connectivity index (χ1) is 9.10. The van der Waals surface area contributed by atoms with E-state index in [4.69, 9.17) is 11.5 Å². The summed E-state index contributed by atoms with van der Waals surface area (Å²) >= 11 is 0. The fraction of sp³-hybridized carbons (Fsp3) is 0.364. The highest BCUT2D eigenvalue weighted by Gasteiger charge is 2.32. The summed E-state index contributed by atoms with van der Waals surface area (Å²) < 4.78 is 39.7. The zero-order valence-corrected chi connectivity index (χ0v) is 10.1. The van der Waals surface area contributed by atoms with Gasteiger partial charge in [0.15, 0.2) is 5.75 Å². The second kappa shape index (κ2) is 5.97. The molecule has 0 aromatic heterocycles. The van der Waals surface area contributed by atoms with Gasteiger partial charge < -0.3 is 26.4 Å². The lowest BCUT2D eigenvalue weighted by Gasteiger charge is -2.18. The van der Waals surface area contributed by atoms with Crippen molar-refractivity contribution in [2.24, 2.45) is 5.73 Å². The van der Waals surface area contributed by atoms with Crippen molar-refractivity contribution in [3.63, 3.8) is 0 Å². The Bertz CT molecular complexity index is 493. The molecule has 0 heterocycles. The lowest BCUT2D eigenvalue weighted by Crippen LogP contribution is -2.25. The highest BCUT2D eigenvalue weighted by Crippen LogP contribution is 2.31. The Labute approximate surface area is 111 Å². The number of hydrogen-bond acceptors (Lipinski definition) is 5. The molecule has 2 unspecified atom stereocenters. The molecular formula is C11H13F3N2O4. The van der Waals surface area contributed by atoms with Crippen molar-refractivity contribution >= 4 is 11.6 Å². The van der Waals surface area contributed by atoms with Crippen LogP contribution in [-0.4, -0.2) is 28.6 Å². The van der Waals surface area contributed by atoms with Crippen LogP contribution >= 0.6 is 0 Å². The van der Waals surface area contributed by atoms with Gasteiger partial charge in [-0.15, -0.1) is 13.2 Å². The smallest absolute Gasteiger partial charge is 0.404 e. The van der Waals surface area contributed by atoms with E-state index in [-0.39, 0.29) is 11.3 Å². The second-order valence-electron chi connectivity index (χ2n) is 4.03. The van der Waals surface area contributed by atoms with E-state index in [0.29, 0.717) is 0 Å². The van der Waals surface area contributed by atoms with E-state index < -0.39 is 36.6 Å². The van der Waals surface area contributed by atoms with Gasteiger partial charge in [-0.2, -0.15) is 0 Å². The van der Waals surface area contributed by atoms with Crippen molar-refractivity contribution in [1.82, 2.24) is 0 Å². The number of nitrogens with two attached hydrogens (primary N) is 2. The van der Waals surface area contributed by atoms with Gasteiger partial charge in [-0.3, -0.25) is 4.79 Å². The molecule has 0 saturated carbocycles. The summed E-state index contributed by atoms with van der Waals surface area (Å²) in [5, 5.41) is 19.2. The van der Waals surface area contributed by atoms with Crippen molar-refractivity contribution in [3.8, 4) is 5.75 Å². The maximum atomic E-state index is 12.0. The van der Waals surface area contributed by atoms with Crippen LogP contribution in [0.3, 0.4) is 0 Å². The van der Waals surface area contributed by atoms with Gasteiger partial charge in [-0.05, 0) is 17.7 Å². The first-order valence-corrected chi connectivity index (χ1v) is 5.39. The molecule has 0 fully saturated rings. The van der Waals surface area contributed by atoms with Crippen LogP contribution in [0.1, 0.15) is 18.1 Å². The number of rotatable bonds is 5. The number of nitrogen functional groups attached to an aromatic ring is 1. The molecule has 1 aromatic rings. The van der Waals surface area contributed by atoms with E-state index in [9.17, 15) is 28.2 Å². The number of ether oxygens (including phenoxy) is 1. The number of hydrogen-bond donors (Lipinski definition) is 4. The number of anilines is 1. The minimum absolute atomic E-state index is 0.0331. The molecule has 1 rings (SSSR count). The van der Waals surface area contributed by atoms with E-state index >= 15 is 0 Å². The number of alkyl halides is 3. The van der Waals surface area contributed by atoms with Gasteiger partial charge >= 0.3 is 6.36 Å². The summed E-state index contributed by atoms with van der Waals surface area (Å²) in [7, 11) is 0. The fourth-order valence-electron chi connectivity index (χ4n) is 1.51. The third-order valence-electron chi connectivity index (χ3n) is 2.38. The molecule has 0 radical (unpaired) electrons. The Hall–Kier alpha value is -2.00. The van der Waals surface area contributed by atoms with Crippen molar-refractivity contribution in [2.75, 3.05) is 5.73 Å². The Morgan fingerprint density at radius 2 is 1.95 bits per heavy atom. The number of halogens is 3. The summed E-state index contributed by atoms with van der Waals surface area (Å²) in [5.74, 6) is -1.46. The van der Waals surface area contributed by atoms with Crippen molar-refractivity contribution in [1.29, 1.82) is 0 Å². The Balaban J connectivity index is 2.89. The number of aliphatic hydroxyl groups excluding tert-OH is 2. The Morgan fingerprint density at radius 1 is 1.35 bits per heavy atom. The first kappa shape index (κ1) is 16.1. The molecule has 0 aliphatic carbocycles. The summed E-state index contributed by atoms with van der Waals surface area (Å²) in [6, 6.07) is 3.00. The van der Waals surface area contributed by atoms with Crippen LogP contribution in [-0.2, 0) is 4.79 Å². The molecule has 0 aliphatic heterocycles.